The Bertz CT molecular complexity index is 1130. The fraction of sp³-hybridized carbons (Fsp3) is 0.500. The van der Waals surface area contributed by atoms with Crippen LogP contribution in [0.15, 0.2) is 23.9 Å². The first-order valence-corrected chi connectivity index (χ1v) is 11.7. The van der Waals surface area contributed by atoms with E-state index in [0.717, 1.165) is 17.5 Å². The van der Waals surface area contributed by atoms with Gasteiger partial charge in [-0.3, -0.25) is 4.90 Å². The molecule has 3 heterocycles. The van der Waals surface area contributed by atoms with Crippen molar-refractivity contribution in [3.63, 3.8) is 0 Å². The molecule has 36 heavy (non-hydrogen) atoms. The number of alkyl halides is 5. The first-order chi connectivity index (χ1) is 16.9. The van der Waals surface area contributed by atoms with Crippen LogP contribution in [0, 0.1) is 12.7 Å². The fourth-order valence-corrected chi connectivity index (χ4v) is 4.67. The van der Waals surface area contributed by atoms with E-state index in [4.69, 9.17) is 0 Å². The molecular formula is C24H28F6N6. The summed E-state index contributed by atoms with van der Waals surface area (Å²) >= 11 is 0. The smallest absolute Gasteiger partial charge is 0.375 e. The van der Waals surface area contributed by atoms with Gasteiger partial charge in [0, 0.05) is 43.0 Å². The molecule has 1 aromatic heterocycles. The van der Waals surface area contributed by atoms with Crippen LogP contribution >= 0.6 is 0 Å². The van der Waals surface area contributed by atoms with Gasteiger partial charge in [0.15, 0.2) is 5.82 Å². The van der Waals surface area contributed by atoms with E-state index in [9.17, 15) is 26.3 Å². The van der Waals surface area contributed by atoms with Gasteiger partial charge in [-0.25, -0.2) is 13.2 Å². The van der Waals surface area contributed by atoms with Crippen LogP contribution in [0.5, 0.6) is 0 Å². The predicted molar refractivity (Wildman–Crippen MR) is 125 cm³/mol. The number of aryl methyl sites for hydroxylation is 1. The molecule has 1 fully saturated rings. The highest BCUT2D eigenvalue weighted by Crippen LogP contribution is 2.36. The van der Waals surface area contributed by atoms with E-state index in [-0.39, 0.29) is 24.7 Å². The first-order valence-electron chi connectivity index (χ1n) is 11.7. The Morgan fingerprint density at radius 2 is 1.78 bits per heavy atom. The zero-order valence-electron chi connectivity index (χ0n) is 20.1. The Kier molecular flexibility index (Phi) is 7.35. The number of halogens is 6. The quantitative estimate of drug-likeness (QED) is 0.506. The minimum Gasteiger partial charge on any atom is -0.375 e. The third kappa shape index (κ3) is 5.53. The molecule has 0 saturated carbocycles. The molecule has 1 aromatic carbocycles. The van der Waals surface area contributed by atoms with Crippen LogP contribution in [0.1, 0.15) is 48.7 Å². The average molecular weight is 515 g/mol. The molecule has 0 spiro atoms. The fourth-order valence-electron chi connectivity index (χ4n) is 4.67. The normalized spacial score (nSPS) is 19.6. The van der Waals surface area contributed by atoms with Crippen molar-refractivity contribution in [3.8, 4) is 0 Å². The lowest BCUT2D eigenvalue weighted by Crippen LogP contribution is -2.50. The Morgan fingerprint density at radius 1 is 1.11 bits per heavy atom. The predicted octanol–water partition coefficient (Wildman–Crippen LogP) is 5.37. The molecule has 1 saturated heterocycles. The van der Waals surface area contributed by atoms with Crippen molar-refractivity contribution >= 4 is 17.6 Å². The molecule has 2 aromatic rings. The number of hydrogen-bond donors (Lipinski definition) is 2. The SMILES string of the molecule is Cc1nnc(N[C@H](C)c2cccc(C(F)F)c2F)c2c1NC(C)C(N1CCN(CC(F)(F)F)CC1)=C2. The lowest BCUT2D eigenvalue weighted by molar-refractivity contribution is -0.148. The van der Waals surface area contributed by atoms with Crippen molar-refractivity contribution in [2.45, 2.75) is 45.5 Å². The van der Waals surface area contributed by atoms with Crippen LogP contribution in [-0.4, -0.2) is 64.9 Å². The van der Waals surface area contributed by atoms with Crippen molar-refractivity contribution < 1.29 is 26.3 Å². The highest BCUT2D eigenvalue weighted by atomic mass is 19.4. The second-order valence-corrected chi connectivity index (χ2v) is 9.15. The van der Waals surface area contributed by atoms with E-state index in [1.807, 2.05) is 17.9 Å². The van der Waals surface area contributed by atoms with Crippen molar-refractivity contribution in [3.05, 3.63) is 52.1 Å². The Hall–Kier alpha value is -3.02. The number of benzene rings is 1. The van der Waals surface area contributed by atoms with Gasteiger partial charge in [0.1, 0.15) is 5.82 Å². The molecule has 6 nitrogen and oxygen atoms in total. The van der Waals surface area contributed by atoms with Gasteiger partial charge in [-0.15, -0.1) is 5.10 Å². The van der Waals surface area contributed by atoms with Gasteiger partial charge in [0.25, 0.3) is 6.43 Å². The van der Waals surface area contributed by atoms with Gasteiger partial charge in [-0.05, 0) is 26.8 Å². The van der Waals surface area contributed by atoms with Gasteiger partial charge >= 0.3 is 6.18 Å². The van der Waals surface area contributed by atoms with E-state index in [1.165, 1.54) is 17.0 Å². The number of nitrogens with one attached hydrogen (secondary N) is 2. The van der Waals surface area contributed by atoms with Crippen LogP contribution in [0.3, 0.4) is 0 Å². The Morgan fingerprint density at radius 3 is 2.42 bits per heavy atom. The van der Waals surface area contributed by atoms with E-state index in [0.29, 0.717) is 30.2 Å². The number of hydrogen-bond acceptors (Lipinski definition) is 6. The second kappa shape index (κ2) is 10.2. The van der Waals surface area contributed by atoms with Crippen molar-refractivity contribution in [1.82, 2.24) is 20.0 Å². The first kappa shape index (κ1) is 26.1. The molecule has 196 valence electrons. The summed E-state index contributed by atoms with van der Waals surface area (Å²) in [5, 5.41) is 14.9. The number of aromatic nitrogens is 2. The summed E-state index contributed by atoms with van der Waals surface area (Å²) in [5.41, 5.74) is 2.35. The summed E-state index contributed by atoms with van der Waals surface area (Å²) in [5.74, 6) is -0.626. The van der Waals surface area contributed by atoms with E-state index in [1.54, 1.807) is 13.8 Å². The Balaban J connectivity index is 1.59. The Labute approximate surface area is 205 Å². The number of rotatable bonds is 6. The molecule has 2 atom stereocenters. The largest absolute Gasteiger partial charge is 0.401 e. The maximum Gasteiger partial charge on any atom is 0.401 e. The van der Waals surface area contributed by atoms with Crippen LogP contribution in [-0.2, 0) is 0 Å². The molecule has 2 aliphatic heterocycles. The second-order valence-electron chi connectivity index (χ2n) is 9.15. The third-order valence-electron chi connectivity index (χ3n) is 6.54. The summed E-state index contributed by atoms with van der Waals surface area (Å²) in [6.45, 7) is 5.90. The number of fused-ring (bicyclic) bond motifs is 1. The molecule has 4 rings (SSSR count). The van der Waals surface area contributed by atoms with Crippen molar-refractivity contribution in [1.29, 1.82) is 0 Å². The molecule has 2 N–H and O–H groups in total. The summed E-state index contributed by atoms with van der Waals surface area (Å²) in [7, 11) is 0. The minimum atomic E-state index is -4.23. The minimum absolute atomic E-state index is 0.0750. The molecule has 12 heteroatoms. The topological polar surface area (TPSA) is 56.3 Å². The zero-order valence-corrected chi connectivity index (χ0v) is 20.1. The average Bonchev–Trinajstić information content (AvgIpc) is 2.80. The van der Waals surface area contributed by atoms with E-state index >= 15 is 0 Å². The molecule has 0 amide bonds. The summed E-state index contributed by atoms with van der Waals surface area (Å²) < 4.78 is 79.3. The lowest BCUT2D eigenvalue weighted by Gasteiger charge is -2.41. The lowest BCUT2D eigenvalue weighted by atomic mass is 10.0. The maximum absolute atomic E-state index is 14.7. The highest BCUT2D eigenvalue weighted by Gasteiger charge is 2.34. The summed E-state index contributed by atoms with van der Waals surface area (Å²) in [4.78, 5) is 3.43. The van der Waals surface area contributed by atoms with Gasteiger partial charge < -0.3 is 15.5 Å². The van der Waals surface area contributed by atoms with Gasteiger partial charge in [-0.1, -0.05) is 18.2 Å². The molecular weight excluding hydrogens is 486 g/mol. The number of anilines is 2. The van der Waals surface area contributed by atoms with Crippen LogP contribution in [0.4, 0.5) is 37.8 Å². The van der Waals surface area contributed by atoms with Gasteiger partial charge in [0.2, 0.25) is 0 Å². The summed E-state index contributed by atoms with van der Waals surface area (Å²) in [6, 6.07) is 3.06. The molecule has 0 radical (unpaired) electrons. The standard InChI is InChI=1S/C24H28F6N6/c1-13(16-5-4-6-17(20(16)25)22(26)27)32-23-18-11-19(14(2)31-21(18)15(3)33-34-23)36-9-7-35(8-10-36)12-24(28,29)30/h4-6,11,13-14,22,31H,7-10,12H2,1-3H3,(H,32,34)/t13-,14?/m1/s1. The van der Waals surface area contributed by atoms with Crippen LogP contribution in [0.25, 0.3) is 6.08 Å². The third-order valence-corrected chi connectivity index (χ3v) is 6.54. The zero-order chi connectivity index (χ0) is 26.2. The number of nitrogens with zero attached hydrogens (tertiary/aromatic N) is 4. The van der Waals surface area contributed by atoms with Crippen LogP contribution < -0.4 is 10.6 Å². The van der Waals surface area contributed by atoms with E-state index in [2.05, 4.69) is 20.8 Å². The molecule has 0 bridgehead atoms. The van der Waals surface area contributed by atoms with Gasteiger partial charge in [0.05, 0.1) is 35.6 Å². The van der Waals surface area contributed by atoms with E-state index < -0.39 is 36.6 Å². The highest BCUT2D eigenvalue weighted by molar-refractivity contribution is 5.81. The van der Waals surface area contributed by atoms with Gasteiger partial charge in [-0.2, -0.15) is 18.3 Å². The number of piperazine rings is 1. The van der Waals surface area contributed by atoms with Crippen molar-refractivity contribution in [2.24, 2.45) is 0 Å². The van der Waals surface area contributed by atoms with Crippen molar-refractivity contribution in [2.75, 3.05) is 43.4 Å². The molecule has 1 unspecified atom stereocenters. The maximum atomic E-state index is 14.7. The summed E-state index contributed by atoms with van der Waals surface area (Å²) in [6.07, 6.45) is -5.25. The molecule has 0 aliphatic carbocycles. The monoisotopic (exact) mass is 514 g/mol. The van der Waals surface area contributed by atoms with Crippen LogP contribution in [0.2, 0.25) is 0 Å². The molecule has 2 aliphatic rings.